The molecule has 2 aromatic rings. The summed E-state index contributed by atoms with van der Waals surface area (Å²) in [6.07, 6.45) is 1.05. The number of amides is 1. The second kappa shape index (κ2) is 8.84. The van der Waals surface area contributed by atoms with Crippen molar-refractivity contribution < 1.29 is 17.9 Å². The third-order valence-corrected chi connectivity index (χ3v) is 5.96. The Labute approximate surface area is 171 Å². The maximum atomic E-state index is 12.5. The van der Waals surface area contributed by atoms with E-state index in [2.05, 4.69) is 5.32 Å². The maximum absolute atomic E-state index is 12.5. The fraction of sp³-hybridized carbons (Fsp3) is 0.350. The molecule has 2 aromatic carbocycles. The molecule has 6 nitrogen and oxygen atoms in total. The molecule has 28 heavy (non-hydrogen) atoms. The van der Waals surface area contributed by atoms with Crippen LogP contribution in [0.1, 0.15) is 29.7 Å². The van der Waals surface area contributed by atoms with E-state index in [1.807, 2.05) is 39.0 Å². The Morgan fingerprint density at radius 2 is 1.86 bits per heavy atom. The summed E-state index contributed by atoms with van der Waals surface area (Å²) in [4.78, 5) is 12.5. The van der Waals surface area contributed by atoms with Gasteiger partial charge in [0, 0.05) is 0 Å². The number of methoxy groups -OCH3 is 1. The van der Waals surface area contributed by atoms with Crippen LogP contribution in [0.15, 0.2) is 36.4 Å². The lowest BCUT2D eigenvalue weighted by Crippen LogP contribution is -2.41. The van der Waals surface area contributed by atoms with Crippen molar-refractivity contribution in [1.82, 2.24) is 5.32 Å². The first kappa shape index (κ1) is 22.0. The standard InChI is InChI=1S/C20H25ClN2O4S/c1-13-6-7-16(10-14(13)2)15(3)22-20(24)12-23(28(5,25)26)17-8-9-19(27-4)18(21)11-17/h6-11,15H,12H2,1-5H3,(H,22,24). The summed E-state index contributed by atoms with van der Waals surface area (Å²) in [5, 5.41) is 3.11. The number of anilines is 1. The summed E-state index contributed by atoms with van der Waals surface area (Å²) in [6.45, 7) is 5.53. The van der Waals surface area contributed by atoms with Crippen molar-refractivity contribution in [2.75, 3.05) is 24.2 Å². The molecule has 0 aliphatic rings. The van der Waals surface area contributed by atoms with Crippen molar-refractivity contribution in [1.29, 1.82) is 0 Å². The molecule has 0 spiro atoms. The molecule has 0 heterocycles. The van der Waals surface area contributed by atoms with Crippen LogP contribution in [-0.2, 0) is 14.8 Å². The number of halogens is 1. The summed E-state index contributed by atoms with van der Waals surface area (Å²) >= 11 is 6.11. The first-order chi connectivity index (χ1) is 13.0. The molecule has 0 aliphatic carbocycles. The number of nitrogens with one attached hydrogen (secondary N) is 1. The first-order valence-corrected chi connectivity index (χ1v) is 10.9. The predicted octanol–water partition coefficient (Wildman–Crippen LogP) is 3.61. The summed E-state index contributed by atoms with van der Waals surface area (Å²) < 4.78 is 30.6. The fourth-order valence-corrected chi connectivity index (χ4v) is 3.85. The molecule has 0 fully saturated rings. The van der Waals surface area contributed by atoms with Gasteiger partial charge in [-0.2, -0.15) is 0 Å². The summed E-state index contributed by atoms with van der Waals surface area (Å²) in [6, 6.07) is 10.3. The monoisotopic (exact) mass is 424 g/mol. The minimum absolute atomic E-state index is 0.257. The second-order valence-corrected chi connectivity index (χ2v) is 9.04. The van der Waals surface area contributed by atoms with E-state index in [1.165, 1.54) is 18.7 Å². The average molecular weight is 425 g/mol. The van der Waals surface area contributed by atoms with Crippen molar-refractivity contribution in [3.8, 4) is 5.75 Å². The third-order valence-electron chi connectivity index (χ3n) is 4.52. The van der Waals surface area contributed by atoms with Crippen molar-refractivity contribution in [2.45, 2.75) is 26.8 Å². The maximum Gasteiger partial charge on any atom is 0.241 e. The number of hydrogen-bond donors (Lipinski definition) is 1. The summed E-state index contributed by atoms with van der Waals surface area (Å²) in [5.74, 6) is 0.00905. The second-order valence-electron chi connectivity index (χ2n) is 6.72. The number of ether oxygens (including phenoxy) is 1. The van der Waals surface area contributed by atoms with Crippen LogP contribution < -0.4 is 14.4 Å². The number of carbonyl (C=O) groups excluding carboxylic acids is 1. The van der Waals surface area contributed by atoms with Crippen LogP contribution in [0.3, 0.4) is 0 Å². The van der Waals surface area contributed by atoms with Gasteiger partial charge < -0.3 is 10.1 Å². The molecule has 0 radical (unpaired) electrons. The highest BCUT2D eigenvalue weighted by Gasteiger charge is 2.23. The van der Waals surface area contributed by atoms with Gasteiger partial charge >= 0.3 is 0 Å². The highest BCUT2D eigenvalue weighted by Crippen LogP contribution is 2.30. The number of aryl methyl sites for hydroxylation is 2. The van der Waals surface area contributed by atoms with E-state index in [0.717, 1.165) is 21.7 Å². The van der Waals surface area contributed by atoms with Gasteiger partial charge in [-0.15, -0.1) is 0 Å². The van der Waals surface area contributed by atoms with Crippen molar-refractivity contribution in [3.05, 3.63) is 58.1 Å². The fourth-order valence-electron chi connectivity index (χ4n) is 2.75. The van der Waals surface area contributed by atoms with E-state index in [4.69, 9.17) is 16.3 Å². The lowest BCUT2D eigenvalue weighted by atomic mass is 10.0. The molecule has 1 atom stereocenters. The van der Waals surface area contributed by atoms with Crippen molar-refractivity contribution in [3.63, 3.8) is 0 Å². The van der Waals surface area contributed by atoms with Crippen molar-refractivity contribution in [2.24, 2.45) is 0 Å². The van der Waals surface area contributed by atoms with Gasteiger partial charge in [-0.05, 0) is 55.7 Å². The van der Waals surface area contributed by atoms with Crippen LogP contribution in [0.2, 0.25) is 5.02 Å². The van der Waals surface area contributed by atoms with E-state index in [0.29, 0.717) is 11.4 Å². The number of rotatable bonds is 7. The van der Waals surface area contributed by atoms with Crippen LogP contribution in [0, 0.1) is 13.8 Å². The van der Waals surface area contributed by atoms with E-state index in [-0.39, 0.29) is 17.6 Å². The van der Waals surface area contributed by atoms with Gasteiger partial charge in [0.15, 0.2) is 0 Å². The molecule has 0 saturated heterocycles. The molecule has 1 unspecified atom stereocenters. The molecule has 1 N–H and O–H groups in total. The van der Waals surface area contributed by atoms with Gasteiger partial charge in [-0.25, -0.2) is 8.42 Å². The Morgan fingerprint density at radius 3 is 2.39 bits per heavy atom. The first-order valence-electron chi connectivity index (χ1n) is 8.70. The Morgan fingerprint density at radius 1 is 1.18 bits per heavy atom. The van der Waals surface area contributed by atoms with Crippen LogP contribution in [0.5, 0.6) is 5.75 Å². The van der Waals surface area contributed by atoms with Gasteiger partial charge in [0.25, 0.3) is 0 Å². The van der Waals surface area contributed by atoms with Crippen molar-refractivity contribution >= 4 is 33.2 Å². The Balaban J connectivity index is 2.19. The minimum Gasteiger partial charge on any atom is -0.495 e. The van der Waals surface area contributed by atoms with Gasteiger partial charge in [-0.1, -0.05) is 29.8 Å². The molecule has 0 aromatic heterocycles. The molecule has 8 heteroatoms. The smallest absolute Gasteiger partial charge is 0.241 e. The van der Waals surface area contributed by atoms with E-state index < -0.39 is 15.9 Å². The zero-order valence-corrected chi connectivity index (χ0v) is 18.2. The Hall–Kier alpha value is -2.25. The Kier molecular flexibility index (Phi) is 6.96. The highest BCUT2D eigenvalue weighted by atomic mass is 35.5. The topological polar surface area (TPSA) is 75.7 Å². The van der Waals surface area contributed by atoms with E-state index >= 15 is 0 Å². The highest BCUT2D eigenvalue weighted by molar-refractivity contribution is 7.92. The molecule has 1 amide bonds. The van der Waals surface area contributed by atoms with Gasteiger partial charge in [-0.3, -0.25) is 9.10 Å². The third kappa shape index (κ3) is 5.39. The predicted molar refractivity (Wildman–Crippen MR) is 113 cm³/mol. The molecule has 2 rings (SSSR count). The number of sulfonamides is 1. The number of benzene rings is 2. The molecule has 152 valence electrons. The summed E-state index contributed by atoms with van der Waals surface area (Å²) in [5.41, 5.74) is 3.54. The molecule has 0 aliphatic heterocycles. The van der Waals surface area contributed by atoms with Crippen LogP contribution in [0.25, 0.3) is 0 Å². The molecule has 0 bridgehead atoms. The normalized spacial score (nSPS) is 12.4. The zero-order valence-electron chi connectivity index (χ0n) is 16.6. The van der Waals surface area contributed by atoms with Crippen LogP contribution >= 0.6 is 11.6 Å². The number of carbonyl (C=O) groups is 1. The van der Waals surface area contributed by atoms with Gasteiger partial charge in [0.05, 0.1) is 30.1 Å². The molecule has 0 saturated carbocycles. The van der Waals surface area contributed by atoms with E-state index in [1.54, 1.807) is 12.1 Å². The SMILES string of the molecule is COc1ccc(N(CC(=O)NC(C)c2ccc(C)c(C)c2)S(C)(=O)=O)cc1Cl. The van der Waals surface area contributed by atoms with Crippen LogP contribution in [-0.4, -0.2) is 34.2 Å². The van der Waals surface area contributed by atoms with Gasteiger partial charge in [0.2, 0.25) is 15.9 Å². The summed E-state index contributed by atoms with van der Waals surface area (Å²) in [7, 11) is -2.22. The van der Waals surface area contributed by atoms with Crippen LogP contribution in [0.4, 0.5) is 5.69 Å². The molecular formula is C20H25ClN2O4S. The lowest BCUT2D eigenvalue weighted by molar-refractivity contribution is -0.120. The number of hydrogen-bond acceptors (Lipinski definition) is 4. The lowest BCUT2D eigenvalue weighted by Gasteiger charge is -2.24. The quantitative estimate of drug-likeness (QED) is 0.736. The average Bonchev–Trinajstić information content (AvgIpc) is 2.61. The Bertz CT molecular complexity index is 976. The van der Waals surface area contributed by atoms with Gasteiger partial charge in [0.1, 0.15) is 12.3 Å². The zero-order chi connectivity index (χ0) is 21.1. The van der Waals surface area contributed by atoms with E-state index in [9.17, 15) is 13.2 Å². The number of nitrogens with zero attached hydrogens (tertiary/aromatic N) is 1. The largest absolute Gasteiger partial charge is 0.495 e. The molecular weight excluding hydrogens is 400 g/mol. The minimum atomic E-state index is -3.69.